The Hall–Kier alpha value is -1.81. The lowest BCUT2D eigenvalue weighted by atomic mass is 10.1. The summed E-state index contributed by atoms with van der Waals surface area (Å²) in [7, 11) is 0. The molecule has 0 spiro atoms. The number of nitrogens with one attached hydrogen (secondary N) is 1. The first-order chi connectivity index (χ1) is 8.75. The van der Waals surface area contributed by atoms with Crippen LogP contribution in [0.15, 0.2) is 30.5 Å². The third-order valence-electron chi connectivity index (χ3n) is 2.86. The highest BCUT2D eigenvalue weighted by Crippen LogP contribution is 2.04. The van der Waals surface area contributed by atoms with Gasteiger partial charge in [0.2, 0.25) is 0 Å². The predicted molar refractivity (Wildman–Crippen MR) is 71.1 cm³/mol. The summed E-state index contributed by atoms with van der Waals surface area (Å²) in [5, 5.41) is 2.77. The van der Waals surface area contributed by atoms with Gasteiger partial charge in [-0.1, -0.05) is 29.8 Å². The van der Waals surface area contributed by atoms with E-state index in [0.29, 0.717) is 26.3 Å². The predicted octanol–water partition coefficient (Wildman–Crippen LogP) is 2.01. The van der Waals surface area contributed by atoms with E-state index in [1.807, 2.05) is 37.3 Å². The van der Waals surface area contributed by atoms with Crippen LogP contribution in [-0.2, 0) is 4.74 Å². The number of morpholine rings is 1. The van der Waals surface area contributed by atoms with Gasteiger partial charge in [0.25, 0.3) is 0 Å². The van der Waals surface area contributed by atoms with Crippen molar-refractivity contribution in [3.05, 3.63) is 41.6 Å². The normalized spacial score (nSPS) is 15.9. The highest BCUT2D eigenvalue weighted by atomic mass is 16.5. The average molecular weight is 246 g/mol. The van der Waals surface area contributed by atoms with Gasteiger partial charge in [-0.2, -0.15) is 0 Å². The van der Waals surface area contributed by atoms with E-state index in [9.17, 15) is 4.79 Å². The zero-order valence-corrected chi connectivity index (χ0v) is 10.6. The van der Waals surface area contributed by atoms with Gasteiger partial charge >= 0.3 is 6.03 Å². The van der Waals surface area contributed by atoms with Crippen molar-refractivity contribution in [1.82, 2.24) is 10.2 Å². The Kier molecular flexibility index (Phi) is 4.36. The molecule has 0 radical (unpaired) electrons. The molecule has 0 aliphatic carbocycles. The molecule has 1 aliphatic heterocycles. The fourth-order valence-electron chi connectivity index (χ4n) is 1.74. The summed E-state index contributed by atoms with van der Waals surface area (Å²) < 4.78 is 5.20. The van der Waals surface area contributed by atoms with Crippen molar-refractivity contribution < 1.29 is 9.53 Å². The van der Waals surface area contributed by atoms with E-state index < -0.39 is 0 Å². The van der Waals surface area contributed by atoms with Gasteiger partial charge in [-0.05, 0) is 18.6 Å². The van der Waals surface area contributed by atoms with Gasteiger partial charge in [0.05, 0.1) is 13.2 Å². The molecule has 0 bridgehead atoms. The minimum absolute atomic E-state index is 0.0679. The largest absolute Gasteiger partial charge is 0.378 e. The summed E-state index contributed by atoms with van der Waals surface area (Å²) in [6.45, 7) is 4.60. The van der Waals surface area contributed by atoms with Crippen molar-refractivity contribution in [3.8, 4) is 0 Å². The Balaban J connectivity index is 1.83. The average Bonchev–Trinajstić information content (AvgIpc) is 2.42. The smallest absolute Gasteiger partial charge is 0.321 e. The molecule has 1 N–H and O–H groups in total. The van der Waals surface area contributed by atoms with E-state index in [2.05, 4.69) is 5.32 Å². The molecule has 0 unspecified atom stereocenters. The molecular formula is C14H18N2O2. The summed E-state index contributed by atoms with van der Waals surface area (Å²) in [5.74, 6) is 0. The number of ether oxygens (including phenoxy) is 1. The molecule has 1 saturated heterocycles. The molecule has 4 heteroatoms. The number of benzene rings is 1. The van der Waals surface area contributed by atoms with Gasteiger partial charge in [-0.3, -0.25) is 0 Å². The minimum Gasteiger partial charge on any atom is -0.378 e. The van der Waals surface area contributed by atoms with Crippen molar-refractivity contribution in [3.63, 3.8) is 0 Å². The number of urea groups is 1. The van der Waals surface area contributed by atoms with Crippen LogP contribution in [0, 0.1) is 6.92 Å². The van der Waals surface area contributed by atoms with Crippen LogP contribution < -0.4 is 5.32 Å². The van der Waals surface area contributed by atoms with E-state index in [0.717, 1.165) is 5.56 Å². The molecule has 18 heavy (non-hydrogen) atoms. The van der Waals surface area contributed by atoms with Crippen LogP contribution in [0.25, 0.3) is 6.08 Å². The maximum atomic E-state index is 11.8. The topological polar surface area (TPSA) is 41.6 Å². The number of hydrogen-bond donors (Lipinski definition) is 1. The van der Waals surface area contributed by atoms with Crippen molar-refractivity contribution in [2.24, 2.45) is 0 Å². The number of amides is 2. The van der Waals surface area contributed by atoms with E-state index in [1.165, 1.54) is 5.56 Å². The second-order valence-corrected chi connectivity index (χ2v) is 4.29. The molecular weight excluding hydrogens is 228 g/mol. The van der Waals surface area contributed by atoms with Gasteiger partial charge in [-0.15, -0.1) is 0 Å². The molecule has 2 amide bonds. The van der Waals surface area contributed by atoms with E-state index in [1.54, 1.807) is 11.1 Å². The lowest BCUT2D eigenvalue weighted by Crippen LogP contribution is -2.44. The zero-order valence-electron chi connectivity index (χ0n) is 10.6. The number of nitrogens with zero attached hydrogens (tertiary/aromatic N) is 1. The Bertz CT molecular complexity index is 420. The fraction of sp³-hybridized carbons (Fsp3) is 0.357. The highest BCUT2D eigenvalue weighted by molar-refractivity contribution is 5.76. The Morgan fingerprint density at radius 1 is 1.28 bits per heavy atom. The SMILES string of the molecule is Cc1ccc(/C=C/NC(=O)N2CCOCC2)cc1. The van der Waals surface area contributed by atoms with Crippen LogP contribution in [0.1, 0.15) is 11.1 Å². The van der Waals surface area contributed by atoms with Gasteiger partial charge in [-0.25, -0.2) is 4.79 Å². The van der Waals surface area contributed by atoms with Crippen LogP contribution >= 0.6 is 0 Å². The van der Waals surface area contributed by atoms with Crippen LogP contribution in [-0.4, -0.2) is 37.2 Å². The van der Waals surface area contributed by atoms with Crippen molar-refractivity contribution in [1.29, 1.82) is 0 Å². The Morgan fingerprint density at radius 2 is 1.94 bits per heavy atom. The summed E-state index contributed by atoms with van der Waals surface area (Å²) in [6.07, 6.45) is 3.57. The van der Waals surface area contributed by atoms with Gasteiger partial charge in [0.15, 0.2) is 0 Å². The second kappa shape index (κ2) is 6.21. The van der Waals surface area contributed by atoms with Crippen molar-refractivity contribution in [2.45, 2.75) is 6.92 Å². The lowest BCUT2D eigenvalue weighted by Gasteiger charge is -2.26. The molecule has 1 aromatic carbocycles. The standard InChI is InChI=1S/C14H18N2O2/c1-12-2-4-13(5-3-12)6-7-15-14(17)16-8-10-18-11-9-16/h2-7H,8-11H2,1H3,(H,15,17)/b7-6+. The lowest BCUT2D eigenvalue weighted by molar-refractivity contribution is 0.0540. The maximum Gasteiger partial charge on any atom is 0.321 e. The van der Waals surface area contributed by atoms with Gasteiger partial charge < -0.3 is 15.0 Å². The van der Waals surface area contributed by atoms with E-state index >= 15 is 0 Å². The van der Waals surface area contributed by atoms with Crippen molar-refractivity contribution >= 4 is 12.1 Å². The quantitative estimate of drug-likeness (QED) is 0.867. The van der Waals surface area contributed by atoms with Crippen LogP contribution in [0.4, 0.5) is 4.79 Å². The Morgan fingerprint density at radius 3 is 2.61 bits per heavy atom. The summed E-state index contributed by atoms with van der Waals surface area (Å²) in [5.41, 5.74) is 2.30. The monoisotopic (exact) mass is 246 g/mol. The molecule has 2 rings (SSSR count). The van der Waals surface area contributed by atoms with Crippen LogP contribution in [0.3, 0.4) is 0 Å². The van der Waals surface area contributed by atoms with Gasteiger partial charge in [0.1, 0.15) is 0 Å². The number of rotatable bonds is 2. The van der Waals surface area contributed by atoms with Crippen LogP contribution in [0.2, 0.25) is 0 Å². The first-order valence-electron chi connectivity index (χ1n) is 6.12. The first kappa shape index (κ1) is 12.6. The zero-order chi connectivity index (χ0) is 12.8. The highest BCUT2D eigenvalue weighted by Gasteiger charge is 2.14. The molecule has 0 atom stereocenters. The van der Waals surface area contributed by atoms with Crippen LogP contribution in [0.5, 0.6) is 0 Å². The molecule has 0 aromatic heterocycles. The first-order valence-corrected chi connectivity index (χ1v) is 6.12. The molecule has 1 aliphatic rings. The van der Waals surface area contributed by atoms with Gasteiger partial charge in [0, 0.05) is 19.3 Å². The number of aryl methyl sites for hydroxylation is 1. The minimum atomic E-state index is -0.0679. The molecule has 1 heterocycles. The molecule has 0 saturated carbocycles. The molecule has 4 nitrogen and oxygen atoms in total. The van der Waals surface area contributed by atoms with E-state index in [-0.39, 0.29) is 6.03 Å². The number of carbonyl (C=O) groups is 1. The molecule has 96 valence electrons. The maximum absolute atomic E-state index is 11.8. The fourth-order valence-corrected chi connectivity index (χ4v) is 1.74. The second-order valence-electron chi connectivity index (χ2n) is 4.29. The summed E-state index contributed by atoms with van der Waals surface area (Å²) in [4.78, 5) is 13.5. The third-order valence-corrected chi connectivity index (χ3v) is 2.86. The summed E-state index contributed by atoms with van der Waals surface area (Å²) >= 11 is 0. The number of carbonyl (C=O) groups excluding carboxylic acids is 1. The summed E-state index contributed by atoms with van der Waals surface area (Å²) in [6, 6.07) is 8.06. The van der Waals surface area contributed by atoms with E-state index in [4.69, 9.17) is 4.74 Å². The van der Waals surface area contributed by atoms with Crippen molar-refractivity contribution in [2.75, 3.05) is 26.3 Å². The Labute approximate surface area is 107 Å². The molecule has 1 fully saturated rings. The number of hydrogen-bond acceptors (Lipinski definition) is 2. The molecule has 1 aromatic rings. The third kappa shape index (κ3) is 3.60.